The van der Waals surface area contributed by atoms with Crippen LogP contribution in [0.1, 0.15) is 142 Å². The minimum atomic E-state index is 0.748. The number of unbranched alkanes of at least 4 members (excludes halogenated alkanes) is 14. The summed E-state index contributed by atoms with van der Waals surface area (Å²) in [6, 6.07) is 0. The van der Waals surface area contributed by atoms with Crippen LogP contribution in [0.2, 0.25) is 0 Å². The molecule has 0 aromatic carbocycles. The maximum absolute atomic E-state index is 6.11. The minimum absolute atomic E-state index is 0.748. The largest absolute Gasteiger partial charge is 0.381 e. The smallest absolute Gasteiger partial charge is 0.0494 e. The Kier molecular flexibility index (Phi) is 28.1. The fourth-order valence-corrected chi connectivity index (χ4v) is 4.41. The summed E-state index contributed by atoms with van der Waals surface area (Å²) in [5.74, 6) is 0.748. The quantitative estimate of drug-likeness (QED) is 0.0861. The molecule has 0 aromatic rings. The van der Waals surface area contributed by atoms with Gasteiger partial charge >= 0.3 is 0 Å². The first kappa shape index (κ1) is 33.4. The Bertz CT molecular complexity index is 429. The lowest BCUT2D eigenvalue weighted by molar-refractivity contribution is 0.0860. The Morgan fingerprint density at radius 2 is 1.12 bits per heavy atom. The number of allylic oxidation sites excluding steroid dienone is 4. The molecule has 0 aromatic heterocycles. The molecule has 0 aliphatic heterocycles. The van der Waals surface area contributed by atoms with Gasteiger partial charge in [0.25, 0.3) is 0 Å². The number of nitrogens with zero attached hydrogens (tertiary/aromatic N) is 1. The van der Waals surface area contributed by atoms with Gasteiger partial charge in [-0.05, 0) is 77.9 Å². The Morgan fingerprint density at radius 1 is 0.588 bits per heavy atom. The van der Waals surface area contributed by atoms with Gasteiger partial charge in [-0.3, -0.25) is 0 Å². The van der Waals surface area contributed by atoms with E-state index in [0.29, 0.717) is 0 Å². The van der Waals surface area contributed by atoms with Gasteiger partial charge < -0.3 is 9.64 Å². The molecule has 202 valence electrons. The molecule has 0 rings (SSSR count). The summed E-state index contributed by atoms with van der Waals surface area (Å²) in [6.07, 6.45) is 36.1. The van der Waals surface area contributed by atoms with Crippen LogP contribution in [0.25, 0.3) is 0 Å². The first-order valence-electron chi connectivity index (χ1n) is 15.2. The summed E-state index contributed by atoms with van der Waals surface area (Å²) in [5, 5.41) is 0. The van der Waals surface area contributed by atoms with Crippen LogP contribution in [0.3, 0.4) is 0 Å². The van der Waals surface area contributed by atoms with Gasteiger partial charge in [0.05, 0.1) is 0 Å². The van der Waals surface area contributed by atoms with Crippen LogP contribution in [0, 0.1) is 5.92 Å². The predicted molar refractivity (Wildman–Crippen MR) is 155 cm³/mol. The van der Waals surface area contributed by atoms with E-state index in [0.717, 1.165) is 25.6 Å². The molecule has 1 unspecified atom stereocenters. The molecule has 0 aliphatic carbocycles. The van der Waals surface area contributed by atoms with Gasteiger partial charge in [0.15, 0.2) is 0 Å². The molecule has 0 fully saturated rings. The lowest BCUT2D eigenvalue weighted by Gasteiger charge is -2.19. The van der Waals surface area contributed by atoms with Crippen molar-refractivity contribution in [3.8, 4) is 0 Å². The highest BCUT2D eigenvalue weighted by atomic mass is 16.5. The highest BCUT2D eigenvalue weighted by Gasteiger charge is 2.09. The van der Waals surface area contributed by atoms with E-state index in [4.69, 9.17) is 4.74 Å². The maximum atomic E-state index is 6.11. The van der Waals surface area contributed by atoms with Crippen LogP contribution >= 0.6 is 0 Å². The fourth-order valence-electron chi connectivity index (χ4n) is 4.41. The molecule has 1 atom stereocenters. The van der Waals surface area contributed by atoms with Crippen molar-refractivity contribution in [3.05, 3.63) is 24.3 Å². The van der Waals surface area contributed by atoms with Crippen LogP contribution in [-0.4, -0.2) is 38.8 Å². The summed E-state index contributed by atoms with van der Waals surface area (Å²) < 4.78 is 6.11. The van der Waals surface area contributed by atoms with Gasteiger partial charge in [-0.15, -0.1) is 0 Å². The van der Waals surface area contributed by atoms with Crippen molar-refractivity contribution >= 4 is 0 Å². The molecular weight excluding hydrogens is 414 g/mol. The number of hydrogen-bond donors (Lipinski definition) is 0. The molecule has 2 nitrogen and oxygen atoms in total. The van der Waals surface area contributed by atoms with Crippen molar-refractivity contribution in [2.75, 3.05) is 33.9 Å². The highest BCUT2D eigenvalue weighted by Crippen LogP contribution is 2.17. The van der Waals surface area contributed by atoms with Gasteiger partial charge in [0.1, 0.15) is 0 Å². The van der Waals surface area contributed by atoms with E-state index in [-0.39, 0.29) is 0 Å². The van der Waals surface area contributed by atoms with E-state index in [2.05, 4.69) is 57.1 Å². The summed E-state index contributed by atoms with van der Waals surface area (Å²) >= 11 is 0. The van der Waals surface area contributed by atoms with Crippen molar-refractivity contribution < 1.29 is 4.74 Å². The molecule has 0 saturated heterocycles. The predicted octanol–water partition coefficient (Wildman–Crippen LogP) is 10.1. The molecule has 0 heterocycles. The Hall–Kier alpha value is -0.600. The number of rotatable bonds is 27. The van der Waals surface area contributed by atoms with E-state index in [1.807, 2.05) is 0 Å². The molecule has 2 heteroatoms. The van der Waals surface area contributed by atoms with Gasteiger partial charge in [-0.2, -0.15) is 0 Å². The van der Waals surface area contributed by atoms with Crippen molar-refractivity contribution in [2.24, 2.45) is 5.92 Å². The second-order valence-electron chi connectivity index (χ2n) is 10.7. The third kappa shape index (κ3) is 27.6. The zero-order valence-corrected chi connectivity index (χ0v) is 24.0. The summed E-state index contributed by atoms with van der Waals surface area (Å²) in [5.41, 5.74) is 0. The van der Waals surface area contributed by atoms with E-state index >= 15 is 0 Å². The second kappa shape index (κ2) is 28.6. The first-order chi connectivity index (χ1) is 16.7. The molecule has 0 N–H and O–H groups in total. The topological polar surface area (TPSA) is 12.5 Å². The third-order valence-electron chi connectivity index (χ3n) is 6.79. The van der Waals surface area contributed by atoms with Crippen molar-refractivity contribution in [1.29, 1.82) is 0 Å². The fraction of sp³-hybridized carbons (Fsp3) is 0.875. The molecule has 34 heavy (non-hydrogen) atoms. The van der Waals surface area contributed by atoms with Gasteiger partial charge in [-0.25, -0.2) is 0 Å². The zero-order valence-electron chi connectivity index (χ0n) is 24.0. The van der Waals surface area contributed by atoms with Crippen molar-refractivity contribution in [3.63, 3.8) is 0 Å². The van der Waals surface area contributed by atoms with E-state index in [9.17, 15) is 0 Å². The molecule has 0 amide bonds. The SMILES string of the molecule is CCCCCC=CCC=CCCCCCCCCOCC(CCCCCCCC)CCN(C)C. The summed E-state index contributed by atoms with van der Waals surface area (Å²) in [6.45, 7) is 7.69. The van der Waals surface area contributed by atoms with Crippen LogP contribution in [0.15, 0.2) is 24.3 Å². The number of ether oxygens (including phenoxy) is 1. The van der Waals surface area contributed by atoms with E-state index < -0.39 is 0 Å². The normalized spacial score (nSPS) is 13.1. The molecule has 0 saturated carbocycles. The highest BCUT2D eigenvalue weighted by molar-refractivity contribution is 4.92. The third-order valence-corrected chi connectivity index (χ3v) is 6.79. The van der Waals surface area contributed by atoms with Crippen LogP contribution in [0.4, 0.5) is 0 Å². The number of hydrogen-bond acceptors (Lipinski definition) is 2. The average molecular weight is 478 g/mol. The van der Waals surface area contributed by atoms with E-state index in [1.54, 1.807) is 0 Å². The van der Waals surface area contributed by atoms with Crippen molar-refractivity contribution in [2.45, 2.75) is 142 Å². The standard InChI is InChI=1S/C32H63NO/c1-5-7-9-11-13-14-15-16-17-18-19-20-21-22-24-26-30-34-31-32(28-29-33(3)4)27-25-23-12-10-8-6-2/h13-14,16-17,32H,5-12,15,18-31H2,1-4H3. The van der Waals surface area contributed by atoms with E-state index in [1.165, 1.54) is 129 Å². The van der Waals surface area contributed by atoms with Gasteiger partial charge in [0.2, 0.25) is 0 Å². The lowest BCUT2D eigenvalue weighted by atomic mass is 9.97. The first-order valence-corrected chi connectivity index (χ1v) is 15.2. The second-order valence-corrected chi connectivity index (χ2v) is 10.7. The molecule has 0 radical (unpaired) electrons. The van der Waals surface area contributed by atoms with Crippen LogP contribution in [0.5, 0.6) is 0 Å². The maximum Gasteiger partial charge on any atom is 0.0494 e. The zero-order chi connectivity index (χ0) is 25.0. The molecule has 0 spiro atoms. The lowest BCUT2D eigenvalue weighted by Crippen LogP contribution is -2.20. The van der Waals surface area contributed by atoms with Crippen LogP contribution < -0.4 is 0 Å². The Labute approximate surface area is 216 Å². The minimum Gasteiger partial charge on any atom is -0.381 e. The molecule has 0 aliphatic rings. The van der Waals surface area contributed by atoms with Gasteiger partial charge in [-0.1, -0.05) is 115 Å². The monoisotopic (exact) mass is 477 g/mol. The summed E-state index contributed by atoms with van der Waals surface area (Å²) in [7, 11) is 4.37. The van der Waals surface area contributed by atoms with Gasteiger partial charge in [0, 0.05) is 13.2 Å². The molecule has 0 bridgehead atoms. The summed E-state index contributed by atoms with van der Waals surface area (Å²) in [4.78, 5) is 2.32. The van der Waals surface area contributed by atoms with Crippen molar-refractivity contribution in [1.82, 2.24) is 4.90 Å². The Morgan fingerprint density at radius 3 is 1.76 bits per heavy atom. The molecular formula is C32H63NO. The Balaban J connectivity index is 3.57. The van der Waals surface area contributed by atoms with Crippen LogP contribution in [-0.2, 0) is 4.74 Å². The average Bonchev–Trinajstić information content (AvgIpc) is 2.83.